The molecule has 1 N–H and O–H groups in total. The van der Waals surface area contributed by atoms with Crippen LogP contribution in [-0.2, 0) is 16.2 Å². The van der Waals surface area contributed by atoms with Crippen LogP contribution >= 0.6 is 0 Å². The molecule has 3 atom stereocenters. The van der Waals surface area contributed by atoms with Crippen LogP contribution < -0.4 is 9.53 Å². The van der Waals surface area contributed by atoms with Gasteiger partial charge in [0.05, 0.1) is 11.3 Å². The number of halogens is 5. The zero-order valence-corrected chi connectivity index (χ0v) is 23.8. The topological polar surface area (TPSA) is 78.4 Å². The molecule has 2 aliphatic rings. The van der Waals surface area contributed by atoms with Crippen LogP contribution in [0.15, 0.2) is 59.9 Å². The molecule has 3 aromatic rings. The number of aromatic nitrogens is 2. The van der Waals surface area contributed by atoms with E-state index in [4.69, 9.17) is 0 Å². The highest BCUT2D eigenvalue weighted by molar-refractivity contribution is 7.94. The standard InChI is InChI=1S/C28H31BF5N5O2S/c1-29-39(27-9-10-35-17-36-27)42(40,41)26-16-21(30)24(15-22(26)31)37-23-8-7-19(14-25(23)38-11-2-3-12-38)18-5-4-6-20(13-18)28(32,33)34/h4-6,9-10,13,15-17,19,23,25,29,37H,2-3,7-8,11-12,14H2,1H3/t19-,23-,25-/m0/s1. The first kappa shape index (κ1) is 30.2. The summed E-state index contributed by atoms with van der Waals surface area (Å²) in [5.41, 5.74) is -0.237. The van der Waals surface area contributed by atoms with Crippen LogP contribution in [0.1, 0.15) is 49.1 Å². The van der Waals surface area contributed by atoms with E-state index in [-0.39, 0.29) is 36.9 Å². The molecule has 0 spiro atoms. The van der Waals surface area contributed by atoms with Crippen molar-refractivity contribution in [2.75, 3.05) is 22.6 Å². The molecule has 0 amide bonds. The van der Waals surface area contributed by atoms with Gasteiger partial charge >= 0.3 is 6.18 Å². The van der Waals surface area contributed by atoms with Gasteiger partial charge in [-0.1, -0.05) is 25.0 Å². The molecule has 0 unspecified atom stereocenters. The van der Waals surface area contributed by atoms with Crippen LogP contribution in [0.4, 0.5) is 33.5 Å². The van der Waals surface area contributed by atoms with Crippen molar-refractivity contribution in [3.05, 3.63) is 77.8 Å². The van der Waals surface area contributed by atoms with Crippen molar-refractivity contribution in [1.29, 1.82) is 0 Å². The maximum absolute atomic E-state index is 15.4. The van der Waals surface area contributed by atoms with Crippen molar-refractivity contribution < 1.29 is 30.4 Å². The molecule has 0 radical (unpaired) electrons. The third-order valence-corrected chi connectivity index (χ3v) is 10.0. The number of benzene rings is 2. The summed E-state index contributed by atoms with van der Waals surface area (Å²) in [6, 6.07) is 7.85. The normalized spacial score (nSPS) is 21.7. The maximum atomic E-state index is 15.4. The van der Waals surface area contributed by atoms with Crippen molar-refractivity contribution in [1.82, 2.24) is 14.9 Å². The number of sulfonamides is 1. The van der Waals surface area contributed by atoms with Crippen molar-refractivity contribution in [2.24, 2.45) is 0 Å². The number of anilines is 2. The van der Waals surface area contributed by atoms with E-state index >= 15 is 8.78 Å². The lowest BCUT2D eigenvalue weighted by molar-refractivity contribution is -0.137. The third kappa shape index (κ3) is 6.24. The Kier molecular flexibility index (Phi) is 8.74. The molecule has 1 aromatic heterocycles. The van der Waals surface area contributed by atoms with Crippen LogP contribution in [0, 0.1) is 11.6 Å². The second-order valence-electron chi connectivity index (χ2n) is 10.7. The van der Waals surface area contributed by atoms with Gasteiger partial charge in [-0.05, 0) is 74.9 Å². The summed E-state index contributed by atoms with van der Waals surface area (Å²) < 4.78 is 98.3. The summed E-state index contributed by atoms with van der Waals surface area (Å²) in [6.45, 7) is 3.17. The molecule has 1 saturated carbocycles. The van der Waals surface area contributed by atoms with Crippen molar-refractivity contribution in [3.8, 4) is 0 Å². The number of hydrogen-bond acceptors (Lipinski definition) is 6. The smallest absolute Gasteiger partial charge is 0.378 e. The number of likely N-dealkylation sites (tertiary alicyclic amines) is 1. The predicted octanol–water partition coefficient (Wildman–Crippen LogP) is 5.58. The number of hydrogen-bond donors (Lipinski definition) is 1. The van der Waals surface area contributed by atoms with E-state index in [2.05, 4.69) is 20.2 Å². The SMILES string of the molecule is CBN(c1ccncn1)S(=O)(=O)c1cc(F)c(N[C@H]2CC[C@H](c3cccc(C(F)(F)F)c3)C[C@@H]2N2CCCC2)cc1F. The van der Waals surface area contributed by atoms with Crippen molar-refractivity contribution >= 4 is 28.9 Å². The highest BCUT2D eigenvalue weighted by atomic mass is 32.2. The second-order valence-corrected chi connectivity index (χ2v) is 12.5. The van der Waals surface area contributed by atoms with Gasteiger partial charge in [-0.25, -0.2) is 27.2 Å². The lowest BCUT2D eigenvalue weighted by atomic mass is 9.77. The first-order valence-corrected chi connectivity index (χ1v) is 15.4. The van der Waals surface area contributed by atoms with Crippen LogP contribution in [0.2, 0.25) is 6.82 Å². The first-order chi connectivity index (χ1) is 20.0. The fourth-order valence-corrected chi connectivity index (χ4v) is 7.59. The van der Waals surface area contributed by atoms with E-state index in [0.29, 0.717) is 30.9 Å². The van der Waals surface area contributed by atoms with Gasteiger partial charge in [0.1, 0.15) is 28.7 Å². The third-order valence-electron chi connectivity index (χ3n) is 8.15. The Morgan fingerprint density at radius 3 is 2.48 bits per heavy atom. The van der Waals surface area contributed by atoms with Gasteiger partial charge in [0.2, 0.25) is 0 Å². The second kappa shape index (κ2) is 12.2. The fraction of sp³-hybridized carbons (Fsp3) is 0.429. The summed E-state index contributed by atoms with van der Waals surface area (Å²) in [7, 11) is -4.53. The fourth-order valence-electron chi connectivity index (χ4n) is 6.11. The van der Waals surface area contributed by atoms with Gasteiger partial charge in [-0.15, -0.1) is 0 Å². The number of rotatable bonds is 8. The van der Waals surface area contributed by atoms with Crippen LogP contribution in [0.25, 0.3) is 0 Å². The molecule has 2 aromatic carbocycles. The van der Waals surface area contributed by atoms with E-state index < -0.39 is 38.3 Å². The Hall–Kier alpha value is -3.26. The highest BCUT2D eigenvalue weighted by Gasteiger charge is 2.38. The summed E-state index contributed by atoms with van der Waals surface area (Å²) >= 11 is 0. The molecule has 42 heavy (non-hydrogen) atoms. The van der Waals surface area contributed by atoms with Crippen LogP contribution in [0.5, 0.6) is 0 Å². The lowest BCUT2D eigenvalue weighted by Crippen LogP contribution is -2.49. The average Bonchev–Trinajstić information content (AvgIpc) is 3.50. The molecule has 1 saturated heterocycles. The Morgan fingerprint density at radius 1 is 1.05 bits per heavy atom. The predicted molar refractivity (Wildman–Crippen MR) is 151 cm³/mol. The van der Waals surface area contributed by atoms with Crippen molar-refractivity contribution in [3.63, 3.8) is 0 Å². The minimum atomic E-state index is -4.47. The monoisotopic (exact) mass is 607 g/mol. The molecule has 224 valence electrons. The summed E-state index contributed by atoms with van der Waals surface area (Å²) in [5.74, 6) is -2.12. The zero-order chi connectivity index (χ0) is 30.1. The molecule has 2 heterocycles. The number of nitrogens with zero attached hydrogens (tertiary/aromatic N) is 4. The van der Waals surface area contributed by atoms with E-state index in [1.54, 1.807) is 12.9 Å². The van der Waals surface area contributed by atoms with E-state index in [1.165, 1.54) is 24.4 Å². The highest BCUT2D eigenvalue weighted by Crippen LogP contribution is 2.40. The molecular formula is C28H31BF5N5O2S. The summed E-state index contributed by atoms with van der Waals surface area (Å²) in [4.78, 5) is 9.13. The number of alkyl halides is 3. The molecule has 1 aliphatic heterocycles. The Balaban J connectivity index is 1.39. The van der Waals surface area contributed by atoms with Gasteiger partial charge in [0.15, 0.2) is 0 Å². The minimum Gasteiger partial charge on any atom is -0.378 e. The first-order valence-electron chi connectivity index (χ1n) is 13.9. The molecular weight excluding hydrogens is 576 g/mol. The molecule has 7 nitrogen and oxygen atoms in total. The zero-order valence-electron chi connectivity index (χ0n) is 23.0. The minimum absolute atomic E-state index is 0.0282. The van der Waals surface area contributed by atoms with Gasteiger partial charge in [-0.3, -0.25) is 4.90 Å². The summed E-state index contributed by atoms with van der Waals surface area (Å²) in [6.07, 6.45) is 1.66. The van der Waals surface area contributed by atoms with Gasteiger partial charge in [-0.2, -0.15) is 13.2 Å². The molecule has 5 rings (SSSR count). The Morgan fingerprint density at radius 2 is 1.81 bits per heavy atom. The summed E-state index contributed by atoms with van der Waals surface area (Å²) in [5, 5.41) is 3.11. The van der Waals surface area contributed by atoms with E-state index in [9.17, 15) is 21.6 Å². The lowest BCUT2D eigenvalue weighted by Gasteiger charge is -2.42. The number of nitrogens with one attached hydrogen (secondary N) is 1. The van der Waals surface area contributed by atoms with Crippen molar-refractivity contribution in [2.45, 2.75) is 68.0 Å². The Labute approximate surface area is 242 Å². The molecule has 2 fully saturated rings. The largest absolute Gasteiger partial charge is 0.416 e. The van der Waals surface area contributed by atoms with E-state index in [0.717, 1.165) is 48.6 Å². The van der Waals surface area contributed by atoms with Crippen LogP contribution in [0.3, 0.4) is 0 Å². The van der Waals surface area contributed by atoms with Crippen LogP contribution in [-0.4, -0.2) is 55.9 Å². The Bertz CT molecular complexity index is 1510. The molecule has 14 heteroatoms. The quantitative estimate of drug-likeness (QED) is 0.266. The maximum Gasteiger partial charge on any atom is 0.416 e. The van der Waals surface area contributed by atoms with Gasteiger partial charge in [0.25, 0.3) is 17.4 Å². The van der Waals surface area contributed by atoms with Gasteiger partial charge in [0, 0.05) is 24.3 Å². The molecule has 0 bridgehead atoms. The van der Waals surface area contributed by atoms with E-state index in [1.807, 2.05) is 0 Å². The average molecular weight is 607 g/mol. The molecule has 1 aliphatic carbocycles. The van der Waals surface area contributed by atoms with Gasteiger partial charge < -0.3 is 9.53 Å².